The molecule has 0 aliphatic carbocycles. The molecular weight excluding hydrogens is 286 g/mol. The minimum atomic E-state index is -3.46. The van der Waals surface area contributed by atoms with Gasteiger partial charge in [0.1, 0.15) is 0 Å². The third-order valence-corrected chi connectivity index (χ3v) is 4.57. The van der Waals surface area contributed by atoms with E-state index in [1.54, 1.807) is 36.7 Å². The Balaban J connectivity index is 1.95. The topological polar surface area (TPSA) is 85.1 Å². The zero-order chi connectivity index (χ0) is 15.1. The molecule has 3 N–H and O–H groups in total. The molecule has 0 bridgehead atoms. The largest absolute Gasteiger partial charge is 0.330 e. The molecule has 0 aliphatic rings. The molecule has 0 unspecified atom stereocenters. The van der Waals surface area contributed by atoms with Crippen LogP contribution in [0.15, 0.2) is 53.7 Å². The maximum Gasteiger partial charge on any atom is 0.240 e. The van der Waals surface area contributed by atoms with E-state index in [9.17, 15) is 8.42 Å². The van der Waals surface area contributed by atoms with E-state index in [1.165, 1.54) is 0 Å². The van der Waals surface area contributed by atoms with Gasteiger partial charge in [-0.25, -0.2) is 13.1 Å². The van der Waals surface area contributed by atoms with E-state index in [0.717, 1.165) is 17.5 Å². The van der Waals surface area contributed by atoms with Crippen molar-refractivity contribution in [3.8, 4) is 0 Å². The van der Waals surface area contributed by atoms with Crippen LogP contribution in [-0.4, -0.2) is 26.5 Å². The molecule has 0 radical (unpaired) electrons. The summed E-state index contributed by atoms with van der Waals surface area (Å²) in [4.78, 5) is 4.27. The number of nitrogens with zero attached hydrogens (tertiary/aromatic N) is 1. The van der Waals surface area contributed by atoms with Gasteiger partial charge in [0.05, 0.1) is 4.90 Å². The van der Waals surface area contributed by atoms with Crippen LogP contribution >= 0.6 is 0 Å². The average Bonchev–Trinajstić information content (AvgIpc) is 2.49. The molecule has 0 saturated heterocycles. The second kappa shape index (κ2) is 7.31. The standard InChI is InChI=1S/C15H19N3O2S/c16-9-7-13-3-5-15(6-4-13)21(19,20)18-11-8-14-2-1-10-17-12-14/h1-6,10,12,18H,7-9,11,16H2. The van der Waals surface area contributed by atoms with Gasteiger partial charge in [0.2, 0.25) is 10.0 Å². The van der Waals surface area contributed by atoms with Crippen molar-refractivity contribution in [1.29, 1.82) is 0 Å². The Labute approximate surface area is 125 Å². The van der Waals surface area contributed by atoms with Crippen molar-refractivity contribution < 1.29 is 8.42 Å². The first-order valence-electron chi connectivity index (χ1n) is 6.79. The molecule has 6 heteroatoms. The minimum absolute atomic E-state index is 0.273. The molecule has 2 rings (SSSR count). The lowest BCUT2D eigenvalue weighted by molar-refractivity contribution is 0.581. The van der Waals surface area contributed by atoms with E-state index in [1.807, 2.05) is 12.1 Å². The Morgan fingerprint density at radius 1 is 1.05 bits per heavy atom. The maximum absolute atomic E-state index is 12.1. The summed E-state index contributed by atoms with van der Waals surface area (Å²) in [5.74, 6) is 0. The van der Waals surface area contributed by atoms with Crippen molar-refractivity contribution >= 4 is 10.0 Å². The quantitative estimate of drug-likeness (QED) is 0.802. The van der Waals surface area contributed by atoms with E-state index in [0.29, 0.717) is 19.5 Å². The molecule has 1 heterocycles. The highest BCUT2D eigenvalue weighted by atomic mass is 32.2. The van der Waals surface area contributed by atoms with Crippen molar-refractivity contribution in [2.45, 2.75) is 17.7 Å². The van der Waals surface area contributed by atoms with Crippen LogP contribution in [0.3, 0.4) is 0 Å². The molecule has 1 aromatic heterocycles. The Hall–Kier alpha value is -1.76. The summed E-state index contributed by atoms with van der Waals surface area (Å²) in [5.41, 5.74) is 7.50. The first-order valence-corrected chi connectivity index (χ1v) is 8.28. The smallest absolute Gasteiger partial charge is 0.240 e. The van der Waals surface area contributed by atoms with Gasteiger partial charge in [-0.2, -0.15) is 0 Å². The molecule has 112 valence electrons. The number of hydrogen-bond donors (Lipinski definition) is 2. The summed E-state index contributed by atoms with van der Waals surface area (Å²) in [7, 11) is -3.46. The maximum atomic E-state index is 12.1. The Kier molecular flexibility index (Phi) is 5.44. The lowest BCUT2D eigenvalue weighted by Crippen LogP contribution is -2.26. The molecule has 5 nitrogen and oxygen atoms in total. The summed E-state index contributed by atoms with van der Waals surface area (Å²) < 4.78 is 26.9. The number of sulfonamides is 1. The van der Waals surface area contributed by atoms with E-state index in [-0.39, 0.29) is 4.90 Å². The molecular formula is C15H19N3O2S. The normalized spacial score (nSPS) is 11.5. The second-order valence-electron chi connectivity index (χ2n) is 4.69. The zero-order valence-electron chi connectivity index (χ0n) is 11.7. The van der Waals surface area contributed by atoms with Crippen molar-refractivity contribution in [2.75, 3.05) is 13.1 Å². The van der Waals surface area contributed by atoms with Gasteiger partial charge in [-0.15, -0.1) is 0 Å². The predicted octanol–water partition coefficient (Wildman–Crippen LogP) is 1.10. The van der Waals surface area contributed by atoms with Crippen LogP contribution in [-0.2, 0) is 22.9 Å². The highest BCUT2D eigenvalue weighted by Crippen LogP contribution is 2.10. The van der Waals surface area contributed by atoms with Crippen LogP contribution in [0.1, 0.15) is 11.1 Å². The first kappa shape index (κ1) is 15.6. The Morgan fingerprint density at radius 3 is 2.43 bits per heavy atom. The molecule has 2 aromatic rings. The first-order chi connectivity index (χ1) is 10.1. The van der Waals surface area contributed by atoms with Gasteiger partial charge in [0, 0.05) is 18.9 Å². The fourth-order valence-electron chi connectivity index (χ4n) is 1.96. The number of nitrogens with one attached hydrogen (secondary N) is 1. The monoisotopic (exact) mass is 305 g/mol. The molecule has 0 spiro atoms. The van der Waals surface area contributed by atoms with Gasteiger partial charge >= 0.3 is 0 Å². The van der Waals surface area contributed by atoms with Crippen molar-refractivity contribution in [3.05, 3.63) is 59.9 Å². The van der Waals surface area contributed by atoms with Crippen molar-refractivity contribution in [3.63, 3.8) is 0 Å². The van der Waals surface area contributed by atoms with E-state index < -0.39 is 10.0 Å². The number of pyridine rings is 1. The van der Waals surface area contributed by atoms with Crippen LogP contribution < -0.4 is 10.5 Å². The number of rotatable bonds is 7. The number of aromatic nitrogens is 1. The molecule has 0 saturated carbocycles. The third-order valence-electron chi connectivity index (χ3n) is 3.10. The van der Waals surface area contributed by atoms with Gasteiger partial charge in [-0.1, -0.05) is 18.2 Å². The third kappa shape index (κ3) is 4.63. The summed E-state index contributed by atoms with van der Waals surface area (Å²) >= 11 is 0. The highest BCUT2D eigenvalue weighted by molar-refractivity contribution is 7.89. The second-order valence-corrected chi connectivity index (χ2v) is 6.46. The van der Waals surface area contributed by atoms with E-state index >= 15 is 0 Å². The molecule has 0 amide bonds. The van der Waals surface area contributed by atoms with Gasteiger partial charge < -0.3 is 5.73 Å². The molecule has 0 atom stereocenters. The van der Waals surface area contributed by atoms with Crippen molar-refractivity contribution in [1.82, 2.24) is 9.71 Å². The summed E-state index contributed by atoms with van der Waals surface area (Å²) in [5, 5.41) is 0. The van der Waals surface area contributed by atoms with Gasteiger partial charge in [-0.3, -0.25) is 4.98 Å². The summed E-state index contributed by atoms with van der Waals surface area (Å²) in [6.07, 6.45) is 4.78. The lowest BCUT2D eigenvalue weighted by atomic mass is 10.2. The van der Waals surface area contributed by atoms with Crippen LogP contribution in [0.5, 0.6) is 0 Å². The number of benzene rings is 1. The molecule has 1 aromatic carbocycles. The van der Waals surface area contributed by atoms with Crippen LogP contribution in [0.25, 0.3) is 0 Å². The highest BCUT2D eigenvalue weighted by Gasteiger charge is 2.12. The lowest BCUT2D eigenvalue weighted by Gasteiger charge is -2.07. The summed E-state index contributed by atoms with van der Waals surface area (Å²) in [6.45, 7) is 0.897. The van der Waals surface area contributed by atoms with Crippen molar-refractivity contribution in [2.24, 2.45) is 5.73 Å². The average molecular weight is 305 g/mol. The van der Waals surface area contributed by atoms with Gasteiger partial charge in [0.15, 0.2) is 0 Å². The Morgan fingerprint density at radius 2 is 1.81 bits per heavy atom. The van der Waals surface area contributed by atoms with Gasteiger partial charge in [0.25, 0.3) is 0 Å². The van der Waals surface area contributed by atoms with E-state index in [4.69, 9.17) is 5.73 Å². The van der Waals surface area contributed by atoms with Crippen LogP contribution in [0.2, 0.25) is 0 Å². The number of nitrogens with two attached hydrogens (primary N) is 1. The zero-order valence-corrected chi connectivity index (χ0v) is 12.5. The Bertz CT molecular complexity index is 655. The molecule has 21 heavy (non-hydrogen) atoms. The SMILES string of the molecule is NCCc1ccc(S(=O)(=O)NCCc2cccnc2)cc1. The minimum Gasteiger partial charge on any atom is -0.330 e. The van der Waals surface area contributed by atoms with Crippen LogP contribution in [0.4, 0.5) is 0 Å². The van der Waals surface area contributed by atoms with Gasteiger partial charge in [-0.05, 0) is 48.7 Å². The fraction of sp³-hybridized carbons (Fsp3) is 0.267. The molecule has 0 aliphatic heterocycles. The molecule has 0 fully saturated rings. The van der Waals surface area contributed by atoms with Crippen LogP contribution in [0, 0.1) is 0 Å². The predicted molar refractivity (Wildman–Crippen MR) is 82.3 cm³/mol. The number of hydrogen-bond acceptors (Lipinski definition) is 4. The van der Waals surface area contributed by atoms with E-state index in [2.05, 4.69) is 9.71 Å². The fourth-order valence-corrected chi connectivity index (χ4v) is 2.99. The summed E-state index contributed by atoms with van der Waals surface area (Å²) in [6, 6.07) is 10.6.